The third-order valence-electron chi connectivity index (χ3n) is 2.14. The lowest BCUT2D eigenvalue weighted by Crippen LogP contribution is -2.33. The molecule has 0 fully saturated rings. The number of rotatable bonds is 7. The molecule has 2 atom stereocenters. The molecule has 0 heterocycles. The normalized spacial score (nSPS) is 16.0. The third kappa shape index (κ3) is 5.56. The topological polar surface area (TPSA) is 21.3 Å². The molecule has 1 N–H and O–H groups in total. The Kier molecular flexibility index (Phi) is 7.51. The van der Waals surface area contributed by atoms with Crippen molar-refractivity contribution in [1.82, 2.24) is 5.32 Å². The summed E-state index contributed by atoms with van der Waals surface area (Å²) in [4.78, 5) is 0. The molecule has 0 aromatic rings. The van der Waals surface area contributed by atoms with E-state index in [1.807, 2.05) is 0 Å². The minimum absolute atomic E-state index is 0.401. The van der Waals surface area contributed by atoms with Crippen LogP contribution >= 0.6 is 0 Å². The minimum Gasteiger partial charge on any atom is -0.377 e. The van der Waals surface area contributed by atoms with E-state index in [1.165, 1.54) is 0 Å². The van der Waals surface area contributed by atoms with Crippen molar-refractivity contribution in [3.63, 3.8) is 0 Å². The minimum atomic E-state index is 0.401. The summed E-state index contributed by atoms with van der Waals surface area (Å²) >= 11 is 0. The SMILES string of the molecule is CCNC(CC)COC(C)CC. The maximum Gasteiger partial charge on any atom is 0.0623 e. The summed E-state index contributed by atoms with van der Waals surface area (Å²) in [6.45, 7) is 10.5. The van der Waals surface area contributed by atoms with E-state index in [0.29, 0.717) is 12.1 Å². The number of nitrogens with one attached hydrogen (secondary N) is 1. The first-order chi connectivity index (χ1) is 5.74. The second kappa shape index (κ2) is 7.56. The first-order valence-electron chi connectivity index (χ1n) is 5.09. The van der Waals surface area contributed by atoms with Crippen molar-refractivity contribution >= 4 is 0 Å². The van der Waals surface area contributed by atoms with Crippen molar-refractivity contribution in [2.75, 3.05) is 13.2 Å². The average Bonchev–Trinajstić information content (AvgIpc) is 2.11. The van der Waals surface area contributed by atoms with Gasteiger partial charge in [0, 0.05) is 6.04 Å². The van der Waals surface area contributed by atoms with Gasteiger partial charge in [-0.15, -0.1) is 0 Å². The van der Waals surface area contributed by atoms with Crippen molar-refractivity contribution < 1.29 is 4.74 Å². The molecular weight excluding hydrogens is 150 g/mol. The first-order valence-corrected chi connectivity index (χ1v) is 5.09. The highest BCUT2D eigenvalue weighted by Crippen LogP contribution is 1.99. The fourth-order valence-electron chi connectivity index (χ4n) is 1.01. The lowest BCUT2D eigenvalue weighted by molar-refractivity contribution is 0.0472. The Bertz CT molecular complexity index is 95.8. The van der Waals surface area contributed by atoms with Crippen LogP contribution in [0.25, 0.3) is 0 Å². The fraction of sp³-hybridized carbons (Fsp3) is 1.00. The molecule has 0 radical (unpaired) electrons. The van der Waals surface area contributed by atoms with Crippen LogP contribution in [0.1, 0.15) is 40.5 Å². The van der Waals surface area contributed by atoms with Gasteiger partial charge in [-0.3, -0.25) is 0 Å². The van der Waals surface area contributed by atoms with Gasteiger partial charge in [0.15, 0.2) is 0 Å². The smallest absolute Gasteiger partial charge is 0.0623 e. The molecule has 0 aliphatic rings. The Labute approximate surface area is 76.7 Å². The Morgan fingerprint density at radius 1 is 1.17 bits per heavy atom. The fourth-order valence-corrected chi connectivity index (χ4v) is 1.01. The zero-order valence-corrected chi connectivity index (χ0v) is 8.89. The van der Waals surface area contributed by atoms with Crippen LogP contribution in [0.5, 0.6) is 0 Å². The molecule has 0 aromatic heterocycles. The van der Waals surface area contributed by atoms with E-state index in [4.69, 9.17) is 4.74 Å². The Balaban J connectivity index is 3.43. The summed E-state index contributed by atoms with van der Waals surface area (Å²) in [5.41, 5.74) is 0. The van der Waals surface area contributed by atoms with Crippen LogP contribution in [-0.4, -0.2) is 25.3 Å². The van der Waals surface area contributed by atoms with Gasteiger partial charge in [-0.1, -0.05) is 20.8 Å². The van der Waals surface area contributed by atoms with E-state index in [-0.39, 0.29) is 0 Å². The van der Waals surface area contributed by atoms with Gasteiger partial charge in [-0.25, -0.2) is 0 Å². The van der Waals surface area contributed by atoms with Crippen LogP contribution in [0, 0.1) is 0 Å². The molecule has 2 nitrogen and oxygen atoms in total. The van der Waals surface area contributed by atoms with E-state index in [0.717, 1.165) is 26.0 Å². The molecule has 0 saturated carbocycles. The molecule has 2 heteroatoms. The van der Waals surface area contributed by atoms with Crippen molar-refractivity contribution in [2.24, 2.45) is 0 Å². The van der Waals surface area contributed by atoms with E-state index in [9.17, 15) is 0 Å². The predicted octanol–water partition coefficient (Wildman–Crippen LogP) is 2.19. The van der Waals surface area contributed by atoms with Gasteiger partial charge in [0.05, 0.1) is 12.7 Å². The van der Waals surface area contributed by atoms with Crippen molar-refractivity contribution in [3.8, 4) is 0 Å². The summed E-state index contributed by atoms with van der Waals surface area (Å²) in [5.74, 6) is 0. The zero-order valence-electron chi connectivity index (χ0n) is 8.89. The quantitative estimate of drug-likeness (QED) is 0.637. The van der Waals surface area contributed by atoms with Gasteiger partial charge in [-0.2, -0.15) is 0 Å². The highest BCUT2D eigenvalue weighted by Gasteiger charge is 2.06. The number of hydrogen-bond donors (Lipinski definition) is 1. The lowest BCUT2D eigenvalue weighted by Gasteiger charge is -2.18. The molecule has 74 valence electrons. The molecule has 12 heavy (non-hydrogen) atoms. The average molecular weight is 173 g/mol. The standard InChI is InChI=1S/C10H23NO/c1-5-9(4)12-8-10(6-2)11-7-3/h9-11H,5-8H2,1-4H3. The van der Waals surface area contributed by atoms with Gasteiger partial charge in [0.1, 0.15) is 0 Å². The molecule has 0 rings (SSSR count). The van der Waals surface area contributed by atoms with Gasteiger partial charge in [0.2, 0.25) is 0 Å². The maximum absolute atomic E-state index is 5.63. The van der Waals surface area contributed by atoms with Crippen molar-refractivity contribution in [3.05, 3.63) is 0 Å². The highest BCUT2D eigenvalue weighted by molar-refractivity contribution is 4.62. The Hall–Kier alpha value is -0.0800. The van der Waals surface area contributed by atoms with E-state index in [1.54, 1.807) is 0 Å². The van der Waals surface area contributed by atoms with Crippen LogP contribution in [0.4, 0.5) is 0 Å². The molecule has 0 aliphatic carbocycles. The van der Waals surface area contributed by atoms with Gasteiger partial charge < -0.3 is 10.1 Å². The summed E-state index contributed by atoms with van der Waals surface area (Å²) < 4.78 is 5.63. The molecule has 0 aromatic carbocycles. The summed E-state index contributed by atoms with van der Waals surface area (Å²) in [7, 11) is 0. The van der Waals surface area contributed by atoms with Gasteiger partial charge in [0.25, 0.3) is 0 Å². The van der Waals surface area contributed by atoms with Crippen molar-refractivity contribution in [2.45, 2.75) is 52.7 Å². The first kappa shape index (κ1) is 11.9. The van der Waals surface area contributed by atoms with Crippen molar-refractivity contribution in [1.29, 1.82) is 0 Å². The molecule has 0 bridgehead atoms. The highest BCUT2D eigenvalue weighted by atomic mass is 16.5. The maximum atomic E-state index is 5.63. The van der Waals surface area contributed by atoms with Gasteiger partial charge in [-0.05, 0) is 26.3 Å². The molecule has 0 spiro atoms. The summed E-state index contributed by atoms with van der Waals surface area (Å²) in [6.07, 6.45) is 2.64. The number of hydrogen-bond acceptors (Lipinski definition) is 2. The Morgan fingerprint density at radius 2 is 1.83 bits per heavy atom. The number of likely N-dealkylation sites (N-methyl/N-ethyl adjacent to an activating group) is 1. The molecule has 2 unspecified atom stereocenters. The van der Waals surface area contributed by atoms with E-state index in [2.05, 4.69) is 33.0 Å². The van der Waals surface area contributed by atoms with Crippen LogP contribution in [0.3, 0.4) is 0 Å². The summed E-state index contributed by atoms with van der Waals surface area (Å²) in [6, 6.07) is 0.531. The third-order valence-corrected chi connectivity index (χ3v) is 2.14. The van der Waals surface area contributed by atoms with Crippen LogP contribution < -0.4 is 5.32 Å². The molecule has 0 aliphatic heterocycles. The van der Waals surface area contributed by atoms with E-state index >= 15 is 0 Å². The van der Waals surface area contributed by atoms with Crippen LogP contribution in [-0.2, 0) is 4.74 Å². The lowest BCUT2D eigenvalue weighted by atomic mass is 10.2. The largest absolute Gasteiger partial charge is 0.377 e. The number of ether oxygens (including phenoxy) is 1. The van der Waals surface area contributed by atoms with Gasteiger partial charge >= 0.3 is 0 Å². The second-order valence-electron chi connectivity index (χ2n) is 3.22. The van der Waals surface area contributed by atoms with Crippen LogP contribution in [0.2, 0.25) is 0 Å². The van der Waals surface area contributed by atoms with E-state index < -0.39 is 0 Å². The molecule has 0 amide bonds. The predicted molar refractivity (Wildman–Crippen MR) is 53.5 cm³/mol. The Morgan fingerprint density at radius 3 is 2.25 bits per heavy atom. The second-order valence-corrected chi connectivity index (χ2v) is 3.22. The van der Waals surface area contributed by atoms with Crippen LogP contribution in [0.15, 0.2) is 0 Å². The monoisotopic (exact) mass is 173 g/mol. The molecular formula is C10H23NO. The summed E-state index contributed by atoms with van der Waals surface area (Å²) in [5, 5.41) is 3.39. The molecule has 0 saturated heterocycles. The zero-order chi connectivity index (χ0) is 9.40.